The van der Waals surface area contributed by atoms with Crippen LogP contribution in [0.5, 0.6) is 0 Å². The maximum Gasteiger partial charge on any atom is 0.335 e. The topological polar surface area (TPSA) is 75.3 Å². The van der Waals surface area contributed by atoms with Gasteiger partial charge in [0, 0.05) is 6.04 Å². The van der Waals surface area contributed by atoms with Gasteiger partial charge < -0.3 is 16.2 Å². The van der Waals surface area contributed by atoms with Crippen molar-refractivity contribution in [3.63, 3.8) is 0 Å². The molecule has 100 valence electrons. The van der Waals surface area contributed by atoms with Crippen molar-refractivity contribution in [2.45, 2.75) is 45.6 Å². The minimum atomic E-state index is -0.954. The standard InChI is InChI=1S/C14H22N2O2/c1-3-4-5-6-10(2)16-13-8-7-11(14(17)18)9-12(13)15/h7-10,16H,3-6,15H2,1-2H3,(H,17,18). The molecule has 0 amide bonds. The second kappa shape index (κ2) is 6.89. The lowest BCUT2D eigenvalue weighted by Gasteiger charge is -2.16. The number of unbranched alkanes of at least 4 members (excludes halogenated alkanes) is 2. The van der Waals surface area contributed by atoms with Gasteiger partial charge in [-0.25, -0.2) is 4.79 Å². The molecule has 0 saturated heterocycles. The molecule has 18 heavy (non-hydrogen) atoms. The van der Waals surface area contributed by atoms with Crippen LogP contribution in [0.3, 0.4) is 0 Å². The number of nitrogens with one attached hydrogen (secondary N) is 1. The number of carboxylic acid groups (broad SMARTS) is 1. The highest BCUT2D eigenvalue weighted by atomic mass is 16.4. The lowest BCUT2D eigenvalue weighted by atomic mass is 10.1. The molecule has 0 aliphatic rings. The Kier molecular flexibility index (Phi) is 5.49. The quantitative estimate of drug-likeness (QED) is 0.512. The van der Waals surface area contributed by atoms with Crippen LogP contribution in [0.15, 0.2) is 18.2 Å². The van der Waals surface area contributed by atoms with Crippen LogP contribution in [-0.4, -0.2) is 17.1 Å². The van der Waals surface area contributed by atoms with Crippen molar-refractivity contribution in [1.29, 1.82) is 0 Å². The zero-order valence-electron chi connectivity index (χ0n) is 11.1. The summed E-state index contributed by atoms with van der Waals surface area (Å²) in [5, 5.41) is 12.2. The van der Waals surface area contributed by atoms with Gasteiger partial charge in [0.05, 0.1) is 16.9 Å². The molecule has 4 nitrogen and oxygen atoms in total. The molecule has 0 aliphatic heterocycles. The zero-order valence-corrected chi connectivity index (χ0v) is 11.1. The number of hydrogen-bond donors (Lipinski definition) is 3. The Morgan fingerprint density at radius 2 is 2.17 bits per heavy atom. The molecule has 4 N–H and O–H groups in total. The summed E-state index contributed by atoms with van der Waals surface area (Å²) in [6, 6.07) is 5.13. The Morgan fingerprint density at radius 3 is 2.72 bits per heavy atom. The Morgan fingerprint density at radius 1 is 1.44 bits per heavy atom. The second-order valence-electron chi connectivity index (χ2n) is 4.65. The van der Waals surface area contributed by atoms with Gasteiger partial charge in [-0.3, -0.25) is 0 Å². The maximum atomic E-state index is 10.8. The number of nitrogens with two attached hydrogens (primary N) is 1. The summed E-state index contributed by atoms with van der Waals surface area (Å²) >= 11 is 0. The van der Waals surface area contributed by atoms with Gasteiger partial charge in [-0.1, -0.05) is 26.2 Å². The predicted molar refractivity (Wildman–Crippen MR) is 75.0 cm³/mol. The minimum Gasteiger partial charge on any atom is -0.478 e. The smallest absolute Gasteiger partial charge is 0.335 e. The van der Waals surface area contributed by atoms with E-state index in [1.807, 2.05) is 0 Å². The van der Waals surface area contributed by atoms with Gasteiger partial charge in [-0.2, -0.15) is 0 Å². The summed E-state index contributed by atoms with van der Waals surface area (Å²) < 4.78 is 0. The van der Waals surface area contributed by atoms with Gasteiger partial charge in [-0.05, 0) is 31.5 Å². The largest absolute Gasteiger partial charge is 0.478 e. The minimum absolute atomic E-state index is 0.219. The molecule has 0 fully saturated rings. The van der Waals surface area contributed by atoms with Crippen LogP contribution in [-0.2, 0) is 0 Å². The van der Waals surface area contributed by atoms with E-state index < -0.39 is 5.97 Å². The van der Waals surface area contributed by atoms with E-state index in [0.29, 0.717) is 11.7 Å². The van der Waals surface area contributed by atoms with Crippen molar-refractivity contribution < 1.29 is 9.90 Å². The van der Waals surface area contributed by atoms with E-state index in [4.69, 9.17) is 10.8 Å². The van der Waals surface area contributed by atoms with Gasteiger partial charge in [-0.15, -0.1) is 0 Å². The first-order valence-electron chi connectivity index (χ1n) is 6.44. The number of benzene rings is 1. The molecule has 1 unspecified atom stereocenters. The molecule has 1 rings (SSSR count). The van der Waals surface area contributed by atoms with Crippen LogP contribution < -0.4 is 11.1 Å². The normalized spacial score (nSPS) is 12.1. The highest BCUT2D eigenvalue weighted by Crippen LogP contribution is 2.21. The van der Waals surface area contributed by atoms with Gasteiger partial charge in [0.2, 0.25) is 0 Å². The third-order valence-electron chi connectivity index (χ3n) is 2.94. The van der Waals surface area contributed by atoms with E-state index in [-0.39, 0.29) is 5.56 Å². The van der Waals surface area contributed by atoms with E-state index in [9.17, 15) is 4.79 Å². The number of hydrogen-bond acceptors (Lipinski definition) is 3. The van der Waals surface area contributed by atoms with Crippen molar-refractivity contribution in [2.24, 2.45) is 0 Å². The Balaban J connectivity index is 2.59. The molecule has 0 aliphatic carbocycles. The summed E-state index contributed by atoms with van der Waals surface area (Å²) in [6.45, 7) is 4.29. The summed E-state index contributed by atoms with van der Waals surface area (Å²) in [5.41, 5.74) is 7.35. The number of nitrogen functional groups attached to an aromatic ring is 1. The summed E-state index contributed by atoms with van der Waals surface area (Å²) in [6.07, 6.45) is 4.73. The monoisotopic (exact) mass is 250 g/mol. The number of carboxylic acids is 1. The van der Waals surface area contributed by atoms with Crippen LogP contribution in [0.25, 0.3) is 0 Å². The number of aromatic carboxylic acids is 1. The SMILES string of the molecule is CCCCCC(C)Nc1ccc(C(=O)O)cc1N. The molecular weight excluding hydrogens is 228 g/mol. The zero-order chi connectivity index (χ0) is 13.5. The summed E-state index contributed by atoms with van der Waals surface area (Å²) in [7, 11) is 0. The van der Waals surface area contributed by atoms with E-state index in [0.717, 1.165) is 12.1 Å². The first kappa shape index (κ1) is 14.4. The van der Waals surface area contributed by atoms with Crippen molar-refractivity contribution in [1.82, 2.24) is 0 Å². The maximum absolute atomic E-state index is 10.8. The molecule has 1 aromatic rings. The first-order valence-corrected chi connectivity index (χ1v) is 6.44. The van der Waals surface area contributed by atoms with Gasteiger partial charge in [0.1, 0.15) is 0 Å². The Bertz CT molecular complexity index is 405. The van der Waals surface area contributed by atoms with Crippen LogP contribution in [0.1, 0.15) is 49.9 Å². The Hall–Kier alpha value is -1.71. The van der Waals surface area contributed by atoms with Gasteiger partial charge >= 0.3 is 5.97 Å². The van der Waals surface area contributed by atoms with E-state index in [2.05, 4.69) is 19.2 Å². The lowest BCUT2D eigenvalue weighted by Crippen LogP contribution is -2.16. The van der Waals surface area contributed by atoms with Crippen molar-refractivity contribution >= 4 is 17.3 Å². The fraction of sp³-hybridized carbons (Fsp3) is 0.500. The van der Waals surface area contributed by atoms with Crippen LogP contribution in [0, 0.1) is 0 Å². The summed E-state index contributed by atoms with van der Waals surface area (Å²) in [5.74, 6) is -0.954. The third kappa shape index (κ3) is 4.28. The molecule has 0 heterocycles. The molecule has 0 radical (unpaired) electrons. The molecule has 1 aromatic carbocycles. The molecule has 4 heteroatoms. The van der Waals surface area contributed by atoms with Gasteiger partial charge in [0.15, 0.2) is 0 Å². The van der Waals surface area contributed by atoms with E-state index in [1.54, 1.807) is 12.1 Å². The number of carbonyl (C=O) groups is 1. The summed E-state index contributed by atoms with van der Waals surface area (Å²) in [4.78, 5) is 10.8. The van der Waals surface area contributed by atoms with E-state index in [1.165, 1.54) is 25.3 Å². The van der Waals surface area contributed by atoms with E-state index >= 15 is 0 Å². The third-order valence-corrected chi connectivity index (χ3v) is 2.94. The molecule has 0 spiro atoms. The number of rotatable bonds is 7. The molecule has 0 saturated carbocycles. The van der Waals surface area contributed by atoms with Crippen LogP contribution >= 0.6 is 0 Å². The van der Waals surface area contributed by atoms with Crippen molar-refractivity contribution in [3.05, 3.63) is 23.8 Å². The molecule has 0 aromatic heterocycles. The van der Waals surface area contributed by atoms with Crippen molar-refractivity contribution in [2.75, 3.05) is 11.1 Å². The average molecular weight is 250 g/mol. The second-order valence-corrected chi connectivity index (χ2v) is 4.65. The first-order chi connectivity index (χ1) is 8.54. The molecular formula is C14H22N2O2. The lowest BCUT2D eigenvalue weighted by molar-refractivity contribution is 0.0697. The average Bonchev–Trinajstić information content (AvgIpc) is 2.32. The van der Waals surface area contributed by atoms with Gasteiger partial charge in [0.25, 0.3) is 0 Å². The van der Waals surface area contributed by atoms with Crippen LogP contribution in [0.2, 0.25) is 0 Å². The fourth-order valence-corrected chi connectivity index (χ4v) is 1.87. The predicted octanol–water partition coefficient (Wildman–Crippen LogP) is 3.35. The van der Waals surface area contributed by atoms with Crippen LogP contribution in [0.4, 0.5) is 11.4 Å². The Labute approximate surface area is 108 Å². The van der Waals surface area contributed by atoms with Crippen molar-refractivity contribution in [3.8, 4) is 0 Å². The number of anilines is 2. The highest BCUT2D eigenvalue weighted by molar-refractivity contribution is 5.90. The molecule has 0 bridgehead atoms. The fourth-order valence-electron chi connectivity index (χ4n) is 1.87. The highest BCUT2D eigenvalue weighted by Gasteiger charge is 2.08. The molecule has 1 atom stereocenters.